The molecule has 1 aromatic heterocycles. The van der Waals surface area contributed by atoms with Gasteiger partial charge in [0.2, 0.25) is 5.88 Å². The zero-order valence-electron chi connectivity index (χ0n) is 12.9. The van der Waals surface area contributed by atoms with Crippen LogP contribution in [0.2, 0.25) is 0 Å². The Hall–Kier alpha value is -2.66. The van der Waals surface area contributed by atoms with E-state index in [9.17, 15) is 5.11 Å². The van der Waals surface area contributed by atoms with Crippen LogP contribution in [0.4, 0.5) is 5.69 Å². The third-order valence-corrected chi connectivity index (χ3v) is 4.64. The van der Waals surface area contributed by atoms with Crippen molar-refractivity contribution in [2.24, 2.45) is 5.11 Å². The number of hydrogen-bond acceptors (Lipinski definition) is 4. The van der Waals surface area contributed by atoms with Crippen molar-refractivity contribution in [1.82, 2.24) is 9.88 Å². The van der Waals surface area contributed by atoms with Crippen LogP contribution in [0.25, 0.3) is 22.0 Å². The molecular weight excluding hydrogens is 288 g/mol. The summed E-state index contributed by atoms with van der Waals surface area (Å²) in [6.45, 7) is 1.84. The molecule has 2 aromatic carbocycles. The van der Waals surface area contributed by atoms with E-state index in [0.29, 0.717) is 5.69 Å². The fourth-order valence-electron chi connectivity index (χ4n) is 3.51. The Morgan fingerprint density at radius 3 is 2.74 bits per heavy atom. The summed E-state index contributed by atoms with van der Waals surface area (Å²) in [5, 5.41) is 14.4. The number of hydrogen-bond donors (Lipinski definition) is 3. The minimum atomic E-state index is -0.0318. The highest BCUT2D eigenvalue weighted by Crippen LogP contribution is 2.42. The number of aromatic hydroxyl groups is 1. The average Bonchev–Trinajstić information content (AvgIpc) is 2.90. The Bertz CT molecular complexity index is 899. The zero-order chi connectivity index (χ0) is 16.0. The summed E-state index contributed by atoms with van der Waals surface area (Å²) in [7, 11) is 2.10. The third kappa shape index (κ3) is 2.12. The van der Waals surface area contributed by atoms with E-state index < -0.39 is 0 Å². The van der Waals surface area contributed by atoms with E-state index in [1.165, 1.54) is 16.7 Å². The summed E-state index contributed by atoms with van der Waals surface area (Å²) in [5.41, 5.74) is 13.4. The average molecular weight is 306 g/mol. The van der Waals surface area contributed by atoms with Crippen LogP contribution in [0.1, 0.15) is 11.1 Å². The Kier molecular flexibility index (Phi) is 3.16. The van der Waals surface area contributed by atoms with Crippen LogP contribution in [0.15, 0.2) is 41.5 Å². The topological polar surface area (TPSA) is 75.5 Å². The molecule has 4 rings (SSSR count). The first-order chi connectivity index (χ1) is 11.2. The molecule has 116 valence electrons. The third-order valence-electron chi connectivity index (χ3n) is 4.64. The molecule has 5 heteroatoms. The van der Waals surface area contributed by atoms with E-state index in [2.05, 4.69) is 40.2 Å². The van der Waals surface area contributed by atoms with Gasteiger partial charge in [-0.3, -0.25) is 0 Å². The van der Waals surface area contributed by atoms with Crippen molar-refractivity contribution in [3.63, 3.8) is 0 Å². The molecule has 0 aliphatic carbocycles. The summed E-state index contributed by atoms with van der Waals surface area (Å²) in [6, 6.07) is 12.3. The summed E-state index contributed by atoms with van der Waals surface area (Å²) < 4.78 is 0. The molecule has 5 nitrogen and oxygen atoms in total. The fraction of sp³-hybridized carbons (Fsp3) is 0.222. The van der Waals surface area contributed by atoms with Gasteiger partial charge in [0, 0.05) is 18.5 Å². The molecule has 0 amide bonds. The van der Waals surface area contributed by atoms with E-state index >= 15 is 0 Å². The number of fused-ring (bicyclic) bond motifs is 3. The lowest BCUT2D eigenvalue weighted by atomic mass is 9.89. The van der Waals surface area contributed by atoms with Crippen LogP contribution in [-0.4, -0.2) is 28.6 Å². The number of benzene rings is 2. The van der Waals surface area contributed by atoms with E-state index in [1.807, 2.05) is 18.2 Å². The number of rotatable bonds is 2. The number of aromatic amines is 1. The van der Waals surface area contributed by atoms with Gasteiger partial charge in [-0.25, -0.2) is 5.53 Å². The highest BCUT2D eigenvalue weighted by Gasteiger charge is 2.24. The second-order valence-corrected chi connectivity index (χ2v) is 6.09. The van der Waals surface area contributed by atoms with Gasteiger partial charge in [0.1, 0.15) is 0 Å². The maximum absolute atomic E-state index is 10.1. The lowest BCUT2D eigenvalue weighted by Gasteiger charge is -2.27. The number of nitrogens with one attached hydrogen (secondary N) is 2. The van der Waals surface area contributed by atoms with Crippen LogP contribution in [0.3, 0.4) is 0 Å². The first-order valence-electron chi connectivity index (χ1n) is 7.70. The van der Waals surface area contributed by atoms with E-state index in [1.54, 1.807) is 0 Å². The molecule has 3 aromatic rings. The quantitative estimate of drug-likeness (QED) is 0.621. The van der Waals surface area contributed by atoms with Crippen LogP contribution >= 0.6 is 0 Å². The zero-order valence-corrected chi connectivity index (χ0v) is 12.9. The molecule has 1 aliphatic heterocycles. The van der Waals surface area contributed by atoms with E-state index in [4.69, 9.17) is 5.53 Å². The van der Waals surface area contributed by atoms with Gasteiger partial charge in [0.15, 0.2) is 5.69 Å². The van der Waals surface area contributed by atoms with Crippen molar-refractivity contribution < 1.29 is 5.11 Å². The molecule has 0 spiro atoms. The lowest BCUT2D eigenvalue weighted by molar-refractivity contribution is 0.314. The number of likely N-dealkylation sites (N-methyl/N-ethyl adjacent to an activating group) is 1. The van der Waals surface area contributed by atoms with Crippen molar-refractivity contribution >= 4 is 16.6 Å². The van der Waals surface area contributed by atoms with E-state index in [0.717, 1.165) is 36.0 Å². The molecule has 0 atom stereocenters. The smallest absolute Gasteiger partial charge is 0.218 e. The second-order valence-electron chi connectivity index (χ2n) is 6.09. The molecular formula is C18H18N4O. The van der Waals surface area contributed by atoms with Crippen LogP contribution in [0, 0.1) is 5.53 Å². The second kappa shape index (κ2) is 5.21. The molecule has 23 heavy (non-hydrogen) atoms. The lowest BCUT2D eigenvalue weighted by Crippen LogP contribution is -2.27. The first kappa shape index (κ1) is 14.0. The van der Waals surface area contributed by atoms with Gasteiger partial charge in [-0.2, -0.15) is 5.11 Å². The van der Waals surface area contributed by atoms with Gasteiger partial charge in [0.05, 0.1) is 5.52 Å². The minimum Gasteiger partial charge on any atom is -0.493 e. The highest BCUT2D eigenvalue weighted by molar-refractivity contribution is 6.00. The molecule has 3 N–H and O–H groups in total. The predicted octanol–water partition coefficient (Wildman–Crippen LogP) is 4.19. The van der Waals surface area contributed by atoms with Crippen LogP contribution in [-0.2, 0) is 13.0 Å². The van der Waals surface area contributed by atoms with Crippen LogP contribution in [0.5, 0.6) is 5.88 Å². The monoisotopic (exact) mass is 306 g/mol. The molecule has 1 aliphatic rings. The Morgan fingerprint density at radius 1 is 1.22 bits per heavy atom. The van der Waals surface area contributed by atoms with Crippen molar-refractivity contribution in [2.45, 2.75) is 13.0 Å². The molecule has 2 heterocycles. The highest BCUT2D eigenvalue weighted by atomic mass is 16.3. The van der Waals surface area contributed by atoms with Gasteiger partial charge < -0.3 is 15.0 Å². The SMILES string of the molecule is CN1CCc2c(-c3ccccc3)cc3c(N=N)c(O)[nH]c3c2C1. The molecule has 0 fully saturated rings. The molecule has 0 bridgehead atoms. The minimum absolute atomic E-state index is 0.0318. The largest absolute Gasteiger partial charge is 0.493 e. The Balaban J connectivity index is 2.08. The van der Waals surface area contributed by atoms with Crippen molar-refractivity contribution in [3.8, 4) is 17.0 Å². The normalized spacial score (nSPS) is 14.8. The molecule has 0 radical (unpaired) electrons. The van der Waals surface area contributed by atoms with Crippen molar-refractivity contribution in [3.05, 3.63) is 47.5 Å². The summed E-state index contributed by atoms with van der Waals surface area (Å²) >= 11 is 0. The Labute approximate surface area is 134 Å². The van der Waals surface area contributed by atoms with Crippen molar-refractivity contribution in [1.29, 1.82) is 5.53 Å². The fourth-order valence-corrected chi connectivity index (χ4v) is 3.51. The maximum atomic E-state index is 10.1. The van der Waals surface area contributed by atoms with Gasteiger partial charge in [-0.1, -0.05) is 30.3 Å². The van der Waals surface area contributed by atoms with Gasteiger partial charge >= 0.3 is 0 Å². The summed E-state index contributed by atoms with van der Waals surface area (Å²) in [6.07, 6.45) is 0.971. The maximum Gasteiger partial charge on any atom is 0.218 e. The van der Waals surface area contributed by atoms with Gasteiger partial charge in [-0.15, -0.1) is 0 Å². The Morgan fingerprint density at radius 2 is 2.00 bits per heavy atom. The molecule has 0 unspecified atom stereocenters. The van der Waals surface area contributed by atoms with Gasteiger partial charge in [0.25, 0.3) is 0 Å². The van der Waals surface area contributed by atoms with Crippen LogP contribution < -0.4 is 0 Å². The number of nitrogens with zero attached hydrogens (tertiary/aromatic N) is 2. The van der Waals surface area contributed by atoms with E-state index in [-0.39, 0.29) is 5.88 Å². The number of H-pyrrole nitrogens is 1. The standard InChI is InChI=1S/C18H18N4O/c1-22-8-7-12-13(11-5-3-2-4-6-11)9-14-16(15(12)10-22)20-18(23)17(14)21-19/h2-6,9,19-20,23H,7-8,10H2,1H3. The van der Waals surface area contributed by atoms with Gasteiger partial charge in [-0.05, 0) is 41.8 Å². The van der Waals surface area contributed by atoms with Crippen molar-refractivity contribution in [2.75, 3.05) is 13.6 Å². The predicted molar refractivity (Wildman–Crippen MR) is 90.2 cm³/mol. The number of aromatic nitrogens is 1. The molecule has 0 saturated carbocycles. The molecule has 0 saturated heterocycles. The summed E-state index contributed by atoms with van der Waals surface area (Å²) in [5.74, 6) is -0.0318. The first-order valence-corrected chi connectivity index (χ1v) is 7.70. The summed E-state index contributed by atoms with van der Waals surface area (Å²) in [4.78, 5) is 5.29.